The smallest absolute Gasteiger partial charge is 0.410 e. The predicted molar refractivity (Wildman–Crippen MR) is 439 cm³/mol. The minimum absolute atomic E-state index is 0.125. The number of hydrogen-bond donors (Lipinski definition) is 0. The third-order valence-electron chi connectivity index (χ3n) is 17.7. The highest BCUT2D eigenvalue weighted by Crippen LogP contribution is 2.40. The molecule has 3 aliphatic heterocycles. The van der Waals surface area contributed by atoms with Crippen LogP contribution in [0.15, 0.2) is 160 Å². The quantitative estimate of drug-likeness (QED) is 0.0989. The molecule has 9 aromatic rings. The number of benzene rings is 3. The lowest BCUT2D eigenvalue weighted by Crippen LogP contribution is -2.39. The van der Waals surface area contributed by atoms with E-state index < -0.39 is 28.7 Å². The van der Waals surface area contributed by atoms with E-state index in [-0.39, 0.29) is 83.4 Å². The molecule has 0 aliphatic carbocycles. The second-order valence-corrected chi connectivity index (χ2v) is 34.8. The van der Waals surface area contributed by atoms with Gasteiger partial charge in [0.2, 0.25) is 5.91 Å². The highest BCUT2D eigenvalue weighted by Gasteiger charge is 2.30. The highest BCUT2D eigenvalue weighted by atomic mass is 35.5. The van der Waals surface area contributed by atoms with E-state index in [2.05, 4.69) is 24.6 Å². The summed E-state index contributed by atoms with van der Waals surface area (Å²) in [5.74, 6) is -1.42. The van der Waals surface area contributed by atoms with Gasteiger partial charge in [-0.3, -0.25) is 32.9 Å². The van der Waals surface area contributed by atoms with Crippen LogP contribution in [0.5, 0.6) is 0 Å². The fourth-order valence-corrected chi connectivity index (χ4v) is 13.6. The highest BCUT2D eigenvalue weighted by molar-refractivity contribution is 6.37. The number of aromatic nitrogens is 6. The Hall–Kier alpha value is -9.34. The molecule has 3 aromatic carbocycles. The number of rotatable bonds is 9. The van der Waals surface area contributed by atoms with Gasteiger partial charge in [0.05, 0.1) is 37.2 Å². The fraction of sp³-hybridized carbons (Fsp3) is 0.384. The van der Waals surface area contributed by atoms with E-state index in [0.29, 0.717) is 114 Å². The Morgan fingerprint density at radius 1 is 0.436 bits per heavy atom. The van der Waals surface area contributed by atoms with Crippen molar-refractivity contribution in [1.82, 2.24) is 43.4 Å². The molecule has 582 valence electrons. The Morgan fingerprint density at radius 2 is 0.755 bits per heavy atom. The molecule has 0 radical (unpaired) electrons. The number of pyridine rings is 6. The molecule has 3 aliphatic rings. The predicted octanol–water partition coefficient (Wildman–Crippen LogP) is 20.8. The van der Waals surface area contributed by atoms with Gasteiger partial charge in [-0.1, -0.05) is 175 Å². The number of ether oxygens (including phenoxy) is 2. The van der Waals surface area contributed by atoms with Gasteiger partial charge in [0, 0.05) is 110 Å². The fourth-order valence-electron chi connectivity index (χ4n) is 12.6. The van der Waals surface area contributed by atoms with Crippen LogP contribution < -0.4 is 16.7 Å². The van der Waals surface area contributed by atoms with Crippen molar-refractivity contribution >= 4 is 109 Å². The van der Waals surface area contributed by atoms with Crippen LogP contribution in [0.4, 0.5) is 22.8 Å². The Balaban J connectivity index is 0.000000177. The van der Waals surface area contributed by atoms with Crippen molar-refractivity contribution in [1.29, 1.82) is 0 Å². The molecule has 3 amide bonds. The number of nitrogens with zero attached hydrogens (tertiary/aromatic N) is 9. The molecule has 9 heterocycles. The third kappa shape index (κ3) is 21.6. The van der Waals surface area contributed by atoms with E-state index in [4.69, 9.17) is 65.8 Å². The second-order valence-electron chi connectivity index (χ2n) is 33.2. The van der Waals surface area contributed by atoms with Crippen molar-refractivity contribution in [2.24, 2.45) is 16.2 Å². The minimum Gasteiger partial charge on any atom is -0.444 e. The standard InChI is InChI=1S/C29H33ClFN3O3.C27H27ClFN3O2.C19H17Cl2FN2O.C11H19NO2/c1-28(2,3)17-34-24(35)16-20(18-11-13-33(14-12-18)27(36)37-29(4,5)6)21-15-22(30)25(32-26(21)34)19-9-7-8-10-23(19)31;1-5-23(33)31-12-10-17(11-13-31)19-15-24(34)32(16-27(2,3)4)26-20(19)14-21(28)25(30-26)18-8-6-7-9-22(18)29;1-19(2,3)10-24-16(25)9-13(20)12-8-14(21)17(23-18(12)24)11-6-4-5-7-15(11)22;1-9-5-7-12(8-6-9)10(13)14-11(2,3)4/h7-11,15-16H,12-14,17H2,1-6H3;5-10,14-15H,1,11-13,16H2,2-4H3;4-9H,10H2,1-3H3;5H,6-8H2,1-4H3. The summed E-state index contributed by atoms with van der Waals surface area (Å²) in [7, 11) is 0. The summed E-state index contributed by atoms with van der Waals surface area (Å²) in [5.41, 5.74) is 5.61. The summed E-state index contributed by atoms with van der Waals surface area (Å²) in [6.07, 6.45) is 8.78. The summed E-state index contributed by atoms with van der Waals surface area (Å²) in [6, 6.07) is 28.6. The molecule has 6 aromatic heterocycles. The average Bonchev–Trinajstić information content (AvgIpc) is 0.762. The van der Waals surface area contributed by atoms with Crippen molar-refractivity contribution in [3.05, 3.63) is 225 Å². The van der Waals surface area contributed by atoms with Gasteiger partial charge in [0.15, 0.2) is 0 Å². The summed E-state index contributed by atoms with van der Waals surface area (Å²) in [5, 5.41) is 3.16. The molecular formula is C86H96Cl4F3N9O8. The molecule has 0 bridgehead atoms. The molecule has 0 saturated carbocycles. The molecule has 0 atom stereocenters. The zero-order valence-electron chi connectivity index (χ0n) is 65.3. The first-order chi connectivity index (χ1) is 51.4. The topological polar surface area (TPSA) is 184 Å². The molecule has 0 unspecified atom stereocenters. The molecule has 110 heavy (non-hydrogen) atoms. The number of carbonyl (C=O) groups excluding carboxylic acids is 3. The number of hydrogen-bond acceptors (Lipinski definition) is 11. The van der Waals surface area contributed by atoms with Gasteiger partial charge < -0.3 is 24.2 Å². The Labute approximate surface area is 660 Å². The lowest BCUT2D eigenvalue weighted by molar-refractivity contribution is -0.125. The van der Waals surface area contributed by atoms with Crippen LogP contribution in [0.25, 0.3) is 78.0 Å². The van der Waals surface area contributed by atoms with E-state index in [1.807, 2.05) is 116 Å². The van der Waals surface area contributed by atoms with E-state index in [0.717, 1.165) is 40.6 Å². The summed E-state index contributed by atoms with van der Waals surface area (Å²) in [4.78, 5) is 94.3. The van der Waals surface area contributed by atoms with Crippen LogP contribution in [0, 0.1) is 33.7 Å². The Kier molecular flexibility index (Phi) is 26.6. The molecule has 0 spiro atoms. The van der Waals surface area contributed by atoms with Crippen molar-refractivity contribution in [3.63, 3.8) is 0 Å². The minimum atomic E-state index is -0.576. The van der Waals surface area contributed by atoms with Crippen molar-refractivity contribution < 1.29 is 37.0 Å². The SMILES string of the molecule is C=CC(=O)N1CC=C(c2cc(=O)n(CC(C)(C)C)c3nc(-c4ccccc4F)c(Cl)cc23)CC1.CC(C)(C)Cn1c(=O)cc(C2=CCN(C(=O)OC(C)(C)C)CC2)c2cc(Cl)c(-c3ccccc3F)nc21.CC(C)(C)Cn1c(=O)cc(Cl)c2cc(Cl)c(-c3ccccc3F)nc21.CC1=CCN(C(=O)OC(C)(C)C)CC1. The normalized spacial score (nSPS) is 14.3. The molecule has 24 heteroatoms. The van der Waals surface area contributed by atoms with Crippen LogP contribution in [-0.4, -0.2) is 112 Å². The summed E-state index contributed by atoms with van der Waals surface area (Å²) in [6.45, 7) is 39.7. The van der Waals surface area contributed by atoms with E-state index >= 15 is 0 Å². The second kappa shape index (κ2) is 34.5. The first kappa shape index (κ1) is 84.7. The maximum absolute atomic E-state index is 14.7. The monoisotopic (exact) mass is 1580 g/mol. The Bertz CT molecular complexity index is 5320. The third-order valence-corrected chi connectivity index (χ3v) is 18.9. The molecule has 12 rings (SSSR count). The van der Waals surface area contributed by atoms with Crippen LogP contribution in [-0.2, 0) is 33.9 Å². The molecule has 0 fully saturated rings. The maximum Gasteiger partial charge on any atom is 0.410 e. The zero-order valence-corrected chi connectivity index (χ0v) is 68.4. The lowest BCUT2D eigenvalue weighted by atomic mass is 9.94. The molecule has 17 nitrogen and oxygen atoms in total. The average molecular weight is 1580 g/mol. The first-order valence-corrected chi connectivity index (χ1v) is 37.9. The van der Waals surface area contributed by atoms with Gasteiger partial charge in [-0.05, 0) is 167 Å². The molecule has 0 N–H and O–H groups in total. The van der Waals surface area contributed by atoms with Crippen molar-refractivity contribution in [3.8, 4) is 33.8 Å². The maximum atomic E-state index is 14.7. The van der Waals surface area contributed by atoms with E-state index in [9.17, 15) is 41.9 Å². The number of halogens is 7. The van der Waals surface area contributed by atoms with Crippen LogP contribution in [0.2, 0.25) is 20.1 Å². The number of amides is 3. The Morgan fingerprint density at radius 3 is 1.06 bits per heavy atom. The molecule has 0 saturated heterocycles. The van der Waals surface area contributed by atoms with Gasteiger partial charge in [0.25, 0.3) is 16.7 Å². The summed E-state index contributed by atoms with van der Waals surface area (Å²) >= 11 is 25.8. The number of carbonyl (C=O) groups is 3. The van der Waals surface area contributed by atoms with E-state index in [1.54, 1.807) is 113 Å². The van der Waals surface area contributed by atoms with Gasteiger partial charge in [-0.2, -0.15) is 0 Å². The van der Waals surface area contributed by atoms with Crippen molar-refractivity contribution in [2.45, 2.75) is 161 Å². The van der Waals surface area contributed by atoms with E-state index in [1.165, 1.54) is 35.9 Å². The molecular weight excluding hydrogens is 1490 g/mol. The summed E-state index contributed by atoms with van der Waals surface area (Å²) < 4.78 is 59.0. The zero-order chi connectivity index (χ0) is 80.9. The van der Waals surface area contributed by atoms with Gasteiger partial charge in [-0.25, -0.2) is 37.7 Å². The van der Waals surface area contributed by atoms with Gasteiger partial charge in [0.1, 0.15) is 45.6 Å². The van der Waals surface area contributed by atoms with Gasteiger partial charge >= 0.3 is 12.2 Å². The van der Waals surface area contributed by atoms with Crippen molar-refractivity contribution in [2.75, 3.05) is 39.3 Å². The lowest BCUT2D eigenvalue weighted by Gasteiger charge is -2.30. The number of fused-ring (bicyclic) bond motifs is 3. The van der Waals surface area contributed by atoms with Crippen LogP contribution >= 0.6 is 46.4 Å². The largest absolute Gasteiger partial charge is 0.444 e. The van der Waals surface area contributed by atoms with Crippen LogP contribution in [0.1, 0.15) is 141 Å². The van der Waals surface area contributed by atoms with Gasteiger partial charge in [-0.15, -0.1) is 0 Å². The first-order valence-electron chi connectivity index (χ1n) is 36.4. The van der Waals surface area contributed by atoms with Crippen LogP contribution in [0.3, 0.4) is 0 Å².